The summed E-state index contributed by atoms with van der Waals surface area (Å²) >= 11 is 6.97. The number of benzene rings is 2. The number of piperazine rings is 1. The van der Waals surface area contributed by atoms with E-state index in [-0.39, 0.29) is 70.0 Å². The summed E-state index contributed by atoms with van der Waals surface area (Å²) in [6.45, 7) is 13.9. The molecular formula is C33H34ClF2N7O3. The third-order valence-corrected chi connectivity index (χ3v) is 9.04. The van der Waals surface area contributed by atoms with Crippen molar-refractivity contribution >= 4 is 39.9 Å². The number of amides is 1. The number of rotatable bonds is 5. The van der Waals surface area contributed by atoms with Gasteiger partial charge in [-0.1, -0.05) is 51.9 Å². The second-order valence-electron chi connectivity index (χ2n) is 12.3. The highest BCUT2D eigenvalue weighted by Crippen LogP contribution is 2.49. The van der Waals surface area contributed by atoms with Crippen molar-refractivity contribution in [1.29, 1.82) is 0 Å². The van der Waals surface area contributed by atoms with E-state index in [0.717, 1.165) is 10.6 Å². The highest BCUT2D eigenvalue weighted by atomic mass is 35.5. The van der Waals surface area contributed by atoms with Crippen molar-refractivity contribution in [1.82, 2.24) is 24.4 Å². The second-order valence-corrected chi connectivity index (χ2v) is 12.7. The summed E-state index contributed by atoms with van der Waals surface area (Å²) in [7, 11) is 0. The third kappa shape index (κ3) is 4.77. The topological polar surface area (TPSA) is 116 Å². The Morgan fingerprint density at radius 2 is 1.80 bits per heavy atom. The van der Waals surface area contributed by atoms with Crippen LogP contribution in [0.2, 0.25) is 5.02 Å². The minimum absolute atomic E-state index is 0.179. The first-order valence-corrected chi connectivity index (χ1v) is 15.5. The molecule has 0 bridgehead atoms. The average molecular weight is 650 g/mol. The predicted octanol–water partition coefficient (Wildman–Crippen LogP) is 5.74. The van der Waals surface area contributed by atoms with Crippen LogP contribution in [-0.2, 0) is 4.79 Å². The van der Waals surface area contributed by atoms with Crippen molar-refractivity contribution in [3.05, 3.63) is 75.7 Å². The van der Waals surface area contributed by atoms with Crippen molar-refractivity contribution in [3.8, 4) is 22.6 Å². The zero-order valence-corrected chi connectivity index (χ0v) is 26.9. The lowest BCUT2D eigenvalue weighted by Crippen LogP contribution is -2.61. The Hall–Kier alpha value is -4.58. The first-order valence-electron chi connectivity index (χ1n) is 15.1. The number of hydrogen-bond donors (Lipinski definition) is 2. The first-order chi connectivity index (χ1) is 21.9. The van der Waals surface area contributed by atoms with Crippen molar-refractivity contribution in [2.75, 3.05) is 29.9 Å². The average Bonchev–Trinajstić information content (AvgIpc) is 3.17. The maximum Gasteiger partial charge on any atom is 0.354 e. The maximum absolute atomic E-state index is 17.5. The van der Waals surface area contributed by atoms with Gasteiger partial charge in [-0.05, 0) is 37.0 Å². The molecule has 10 nitrogen and oxygen atoms in total. The minimum atomic E-state index is -1.02. The zero-order chi connectivity index (χ0) is 33.2. The molecule has 240 valence electrons. The number of nitrogens with one attached hydrogen (secondary N) is 1. The van der Waals surface area contributed by atoms with E-state index in [4.69, 9.17) is 11.6 Å². The fraction of sp³-hybridized carbons (Fsp3) is 0.364. The van der Waals surface area contributed by atoms with Crippen LogP contribution in [0.25, 0.3) is 27.7 Å². The van der Waals surface area contributed by atoms with E-state index in [2.05, 4.69) is 26.8 Å². The van der Waals surface area contributed by atoms with E-state index >= 15 is 8.78 Å². The van der Waals surface area contributed by atoms with Crippen LogP contribution < -0.4 is 15.9 Å². The number of aromatic nitrogens is 4. The van der Waals surface area contributed by atoms with Gasteiger partial charge in [0.2, 0.25) is 5.91 Å². The van der Waals surface area contributed by atoms with Gasteiger partial charge < -0.3 is 20.2 Å². The Kier molecular flexibility index (Phi) is 7.95. The van der Waals surface area contributed by atoms with Gasteiger partial charge in [0.25, 0.3) is 0 Å². The molecule has 0 saturated carbocycles. The predicted molar refractivity (Wildman–Crippen MR) is 174 cm³/mol. The summed E-state index contributed by atoms with van der Waals surface area (Å²) in [4.78, 5) is 44.1. The Labute approximate surface area is 269 Å². The van der Waals surface area contributed by atoms with Crippen LogP contribution >= 0.6 is 11.6 Å². The van der Waals surface area contributed by atoms with Crippen LogP contribution in [-0.4, -0.2) is 67.2 Å². The van der Waals surface area contributed by atoms with Crippen molar-refractivity contribution in [3.63, 3.8) is 0 Å². The molecule has 2 N–H and O–H groups in total. The van der Waals surface area contributed by atoms with Gasteiger partial charge in [0.15, 0.2) is 5.82 Å². The number of anilines is 2. The number of carbonyl (C=O) groups is 1. The van der Waals surface area contributed by atoms with Crippen molar-refractivity contribution in [2.24, 2.45) is 0 Å². The van der Waals surface area contributed by atoms with Crippen LogP contribution in [0, 0.1) is 11.6 Å². The number of phenolic OH excluding ortho intramolecular Hbond substituents is 1. The Morgan fingerprint density at radius 3 is 2.41 bits per heavy atom. The molecule has 13 heteroatoms. The molecule has 1 amide bonds. The molecule has 2 aromatic carbocycles. The van der Waals surface area contributed by atoms with E-state index < -0.39 is 40.2 Å². The molecule has 1 fully saturated rings. The van der Waals surface area contributed by atoms with Gasteiger partial charge in [0, 0.05) is 31.2 Å². The number of phenols is 1. The monoisotopic (exact) mass is 649 g/mol. The lowest BCUT2D eigenvalue weighted by Gasteiger charge is -2.45. The van der Waals surface area contributed by atoms with E-state index in [0.29, 0.717) is 17.9 Å². The van der Waals surface area contributed by atoms with Gasteiger partial charge in [-0.2, -0.15) is 4.98 Å². The molecule has 2 aromatic heterocycles. The van der Waals surface area contributed by atoms with E-state index in [1.165, 1.54) is 24.5 Å². The molecule has 6 rings (SSSR count). The van der Waals surface area contributed by atoms with E-state index in [9.17, 15) is 14.7 Å². The molecule has 2 aliphatic rings. The number of aromatic hydroxyl groups is 1. The molecule has 0 aliphatic carbocycles. The SMILES string of the molecule is C=CC(=O)N1CC(C)N2c3nc(=O)n(-c4c(C(C)C)ncnc4C(C)C)c4c(F)c(-c5c(O)cccc5F)c(Cl)c(c34)NCC2C1. The number of hydrogen-bond acceptors (Lipinski definition) is 8. The highest BCUT2D eigenvalue weighted by molar-refractivity contribution is 6.38. The molecule has 2 unspecified atom stereocenters. The molecular weight excluding hydrogens is 616 g/mol. The van der Waals surface area contributed by atoms with Crippen molar-refractivity contribution in [2.45, 2.75) is 58.5 Å². The zero-order valence-electron chi connectivity index (χ0n) is 26.1. The summed E-state index contributed by atoms with van der Waals surface area (Å²) in [6, 6.07) is 2.90. The number of nitrogens with zero attached hydrogens (tertiary/aromatic N) is 6. The Morgan fingerprint density at radius 1 is 1.13 bits per heavy atom. The number of fused-ring (bicyclic) bond motifs is 2. The normalized spacial score (nSPS) is 17.7. The number of halogens is 3. The summed E-state index contributed by atoms with van der Waals surface area (Å²) in [5.41, 5.74) is -0.389. The summed E-state index contributed by atoms with van der Waals surface area (Å²) < 4.78 is 34.0. The molecule has 2 aliphatic heterocycles. The molecule has 46 heavy (non-hydrogen) atoms. The molecule has 2 atom stereocenters. The maximum atomic E-state index is 17.5. The Balaban J connectivity index is 1.80. The standard InChI is InChI=1S/C33H34ClF2N7O3/c1-7-21(45)41-12-17(6)42-18(13-41)11-37-29-24-30(26(36)23(25(29)34)22-19(35)9-8-10-20(22)44)43(33(46)40-32(24)42)31-27(15(2)3)38-14-39-28(31)16(4)5/h7-10,14-18,37,44H,1,11-13H2,2-6H3. The van der Waals surface area contributed by atoms with Gasteiger partial charge in [0.05, 0.1) is 44.8 Å². The van der Waals surface area contributed by atoms with Crippen LogP contribution in [0.5, 0.6) is 5.75 Å². The summed E-state index contributed by atoms with van der Waals surface area (Å²) in [5, 5.41) is 14.1. The molecule has 4 aromatic rings. The molecule has 0 radical (unpaired) electrons. The highest BCUT2D eigenvalue weighted by Gasteiger charge is 2.40. The van der Waals surface area contributed by atoms with Gasteiger partial charge in [-0.3, -0.25) is 9.36 Å². The molecule has 1 saturated heterocycles. The minimum Gasteiger partial charge on any atom is -0.507 e. The molecule has 0 spiro atoms. The third-order valence-electron chi connectivity index (χ3n) is 8.66. The van der Waals surface area contributed by atoms with Crippen LogP contribution in [0.3, 0.4) is 0 Å². The quantitative estimate of drug-likeness (QED) is 0.263. The lowest BCUT2D eigenvalue weighted by molar-refractivity contribution is -0.127. The van der Waals surface area contributed by atoms with Crippen LogP contribution in [0.15, 0.2) is 42.0 Å². The molecule has 4 heterocycles. The Bertz CT molecular complexity index is 1930. The summed E-state index contributed by atoms with van der Waals surface area (Å²) in [5.74, 6) is -2.91. The van der Waals surface area contributed by atoms with E-state index in [1.807, 2.05) is 39.5 Å². The summed E-state index contributed by atoms with van der Waals surface area (Å²) in [6.07, 6.45) is 2.66. The second kappa shape index (κ2) is 11.7. The van der Waals surface area contributed by atoms with E-state index in [1.54, 1.807) is 4.90 Å². The van der Waals surface area contributed by atoms with Crippen molar-refractivity contribution < 1.29 is 18.7 Å². The van der Waals surface area contributed by atoms with Gasteiger partial charge in [0.1, 0.15) is 29.2 Å². The van der Waals surface area contributed by atoms with Crippen LogP contribution in [0.1, 0.15) is 57.8 Å². The smallest absolute Gasteiger partial charge is 0.354 e. The lowest BCUT2D eigenvalue weighted by atomic mass is 9.97. The fourth-order valence-corrected chi connectivity index (χ4v) is 7.01. The fourth-order valence-electron chi connectivity index (χ4n) is 6.68. The number of carbonyl (C=O) groups excluding carboxylic acids is 1. The van der Waals surface area contributed by atoms with Gasteiger partial charge in [-0.15, -0.1) is 0 Å². The van der Waals surface area contributed by atoms with Gasteiger partial charge >= 0.3 is 5.69 Å². The van der Waals surface area contributed by atoms with Crippen LogP contribution in [0.4, 0.5) is 20.3 Å². The largest absolute Gasteiger partial charge is 0.507 e. The van der Waals surface area contributed by atoms with Gasteiger partial charge in [-0.25, -0.2) is 23.5 Å². The first kappa shape index (κ1) is 31.4.